The number of amides is 1. The highest BCUT2D eigenvalue weighted by molar-refractivity contribution is 5.82. The first-order valence-corrected chi connectivity index (χ1v) is 8.54. The van der Waals surface area contributed by atoms with Gasteiger partial charge in [0.15, 0.2) is 0 Å². The van der Waals surface area contributed by atoms with E-state index in [9.17, 15) is 9.90 Å². The first-order chi connectivity index (χ1) is 12.2. The van der Waals surface area contributed by atoms with E-state index in [0.29, 0.717) is 13.0 Å². The molecule has 0 radical (unpaired) electrons. The monoisotopic (exact) mass is 337 g/mol. The molecule has 1 unspecified atom stereocenters. The highest BCUT2D eigenvalue weighted by atomic mass is 16.3. The fourth-order valence-electron chi connectivity index (χ4n) is 2.98. The van der Waals surface area contributed by atoms with Crippen molar-refractivity contribution >= 4 is 16.8 Å². The maximum absolute atomic E-state index is 13.0. The zero-order valence-corrected chi connectivity index (χ0v) is 14.4. The molecule has 5 heteroatoms. The normalized spacial score (nSPS) is 12.2. The molecule has 0 bridgehead atoms. The minimum Gasteiger partial charge on any atom is -0.396 e. The lowest BCUT2D eigenvalue weighted by Gasteiger charge is -2.29. The second kappa shape index (κ2) is 7.94. The number of para-hydroxylation sites is 1. The van der Waals surface area contributed by atoms with Crippen molar-refractivity contribution in [3.05, 3.63) is 66.4 Å². The van der Waals surface area contributed by atoms with Crippen molar-refractivity contribution in [3.63, 3.8) is 0 Å². The van der Waals surface area contributed by atoms with Gasteiger partial charge in [-0.2, -0.15) is 5.10 Å². The number of hydrogen-bond acceptors (Lipinski definition) is 3. The van der Waals surface area contributed by atoms with E-state index < -0.39 is 0 Å². The van der Waals surface area contributed by atoms with E-state index in [1.807, 2.05) is 66.4 Å². The van der Waals surface area contributed by atoms with E-state index >= 15 is 0 Å². The van der Waals surface area contributed by atoms with Crippen LogP contribution in [0.5, 0.6) is 0 Å². The van der Waals surface area contributed by atoms with Crippen LogP contribution in [0.4, 0.5) is 0 Å². The summed E-state index contributed by atoms with van der Waals surface area (Å²) in [6.45, 7) is 2.75. The number of nitrogens with zero attached hydrogens (tertiary/aromatic N) is 3. The molecule has 2 aromatic carbocycles. The van der Waals surface area contributed by atoms with Gasteiger partial charge < -0.3 is 10.0 Å². The van der Waals surface area contributed by atoms with Gasteiger partial charge in [0.05, 0.1) is 11.7 Å². The number of rotatable bonds is 7. The van der Waals surface area contributed by atoms with Gasteiger partial charge in [-0.1, -0.05) is 48.5 Å². The van der Waals surface area contributed by atoms with Gasteiger partial charge in [-0.3, -0.25) is 9.48 Å². The molecule has 5 nitrogen and oxygen atoms in total. The highest BCUT2D eigenvalue weighted by Crippen LogP contribution is 2.15. The molecule has 0 fully saturated rings. The molecule has 0 saturated carbocycles. The van der Waals surface area contributed by atoms with Crippen molar-refractivity contribution < 1.29 is 9.90 Å². The average Bonchev–Trinajstić information content (AvgIpc) is 3.04. The lowest BCUT2D eigenvalue weighted by atomic mass is 10.1. The maximum Gasteiger partial charge on any atom is 0.244 e. The molecule has 0 aliphatic carbocycles. The molecule has 1 aromatic heterocycles. The zero-order valence-electron chi connectivity index (χ0n) is 14.4. The molecule has 0 saturated heterocycles. The van der Waals surface area contributed by atoms with Gasteiger partial charge in [-0.15, -0.1) is 0 Å². The molecule has 1 amide bonds. The van der Waals surface area contributed by atoms with Crippen molar-refractivity contribution in [2.75, 3.05) is 6.61 Å². The van der Waals surface area contributed by atoms with Crippen LogP contribution in [0.3, 0.4) is 0 Å². The Bertz CT molecular complexity index is 829. The average molecular weight is 337 g/mol. The Labute approximate surface area is 147 Å². The summed E-state index contributed by atoms with van der Waals surface area (Å²) >= 11 is 0. The van der Waals surface area contributed by atoms with Crippen molar-refractivity contribution in [1.29, 1.82) is 0 Å². The summed E-state index contributed by atoms with van der Waals surface area (Å²) in [5, 5.41) is 14.6. The molecular formula is C20H23N3O2. The number of carbonyl (C=O) groups is 1. The maximum atomic E-state index is 13.0. The number of aliphatic hydroxyl groups excluding tert-OH is 1. The first-order valence-electron chi connectivity index (χ1n) is 8.54. The van der Waals surface area contributed by atoms with Crippen LogP contribution >= 0.6 is 0 Å². The number of benzene rings is 2. The van der Waals surface area contributed by atoms with E-state index in [-0.39, 0.29) is 25.1 Å². The Kier molecular flexibility index (Phi) is 5.46. The summed E-state index contributed by atoms with van der Waals surface area (Å²) < 4.78 is 1.74. The van der Waals surface area contributed by atoms with E-state index in [1.54, 1.807) is 10.9 Å². The van der Waals surface area contributed by atoms with Crippen LogP contribution in [0.25, 0.3) is 10.9 Å². The summed E-state index contributed by atoms with van der Waals surface area (Å²) in [6, 6.07) is 17.7. The second-order valence-corrected chi connectivity index (χ2v) is 6.23. The standard InChI is InChI=1S/C20H23N3O2/c1-16(11-12-24)22(14-17-7-3-2-4-8-17)20(25)15-23-19-10-6-5-9-18(19)13-21-23/h2-10,13,16,24H,11-12,14-15H2,1H3. The fourth-order valence-corrected chi connectivity index (χ4v) is 2.98. The number of fused-ring (bicyclic) bond motifs is 1. The molecule has 3 rings (SSSR count). The van der Waals surface area contributed by atoms with Crippen LogP contribution in [-0.4, -0.2) is 38.3 Å². The number of aromatic nitrogens is 2. The summed E-state index contributed by atoms with van der Waals surface area (Å²) in [6.07, 6.45) is 2.33. The SMILES string of the molecule is CC(CCO)N(Cc1ccccc1)C(=O)Cn1ncc2ccccc21. The molecule has 1 atom stereocenters. The van der Waals surface area contributed by atoms with E-state index in [1.165, 1.54) is 0 Å². The number of aliphatic hydroxyl groups is 1. The molecule has 25 heavy (non-hydrogen) atoms. The Morgan fingerprint density at radius 3 is 2.64 bits per heavy atom. The number of hydrogen-bond donors (Lipinski definition) is 1. The molecule has 1 heterocycles. The third-order valence-electron chi connectivity index (χ3n) is 4.43. The van der Waals surface area contributed by atoms with Gasteiger partial charge in [-0.05, 0) is 25.0 Å². The summed E-state index contributed by atoms with van der Waals surface area (Å²) in [4.78, 5) is 14.8. The van der Waals surface area contributed by atoms with Crippen molar-refractivity contribution in [3.8, 4) is 0 Å². The largest absolute Gasteiger partial charge is 0.396 e. The van der Waals surface area contributed by atoms with Crippen molar-refractivity contribution in [1.82, 2.24) is 14.7 Å². The Hall–Kier alpha value is -2.66. The van der Waals surface area contributed by atoms with Gasteiger partial charge in [0, 0.05) is 24.6 Å². The Balaban J connectivity index is 1.80. The van der Waals surface area contributed by atoms with Crippen LogP contribution in [-0.2, 0) is 17.9 Å². The molecule has 0 aliphatic rings. The topological polar surface area (TPSA) is 58.4 Å². The molecule has 0 spiro atoms. The fraction of sp³-hybridized carbons (Fsp3) is 0.300. The molecule has 130 valence electrons. The summed E-state index contributed by atoms with van der Waals surface area (Å²) in [7, 11) is 0. The third kappa shape index (κ3) is 4.06. The van der Waals surface area contributed by atoms with Crippen molar-refractivity contribution in [2.45, 2.75) is 32.5 Å². The first kappa shape index (κ1) is 17.2. The van der Waals surface area contributed by atoms with Crippen molar-refractivity contribution in [2.24, 2.45) is 0 Å². The lowest BCUT2D eigenvalue weighted by molar-refractivity contribution is -0.135. The van der Waals surface area contributed by atoms with Crippen LogP contribution < -0.4 is 0 Å². The highest BCUT2D eigenvalue weighted by Gasteiger charge is 2.21. The smallest absolute Gasteiger partial charge is 0.244 e. The lowest BCUT2D eigenvalue weighted by Crippen LogP contribution is -2.40. The van der Waals surface area contributed by atoms with Gasteiger partial charge in [-0.25, -0.2) is 0 Å². The zero-order chi connectivity index (χ0) is 17.6. The van der Waals surface area contributed by atoms with Gasteiger partial charge in [0.1, 0.15) is 6.54 Å². The molecule has 1 N–H and O–H groups in total. The van der Waals surface area contributed by atoms with Crippen LogP contribution in [0.15, 0.2) is 60.8 Å². The second-order valence-electron chi connectivity index (χ2n) is 6.23. The number of carbonyl (C=O) groups excluding carboxylic acids is 1. The Morgan fingerprint density at radius 2 is 1.88 bits per heavy atom. The van der Waals surface area contributed by atoms with Crippen LogP contribution in [0.1, 0.15) is 18.9 Å². The van der Waals surface area contributed by atoms with E-state index in [4.69, 9.17) is 0 Å². The predicted molar refractivity (Wildman–Crippen MR) is 97.9 cm³/mol. The minimum atomic E-state index is -0.0421. The van der Waals surface area contributed by atoms with Gasteiger partial charge in [0.2, 0.25) is 5.91 Å². The Morgan fingerprint density at radius 1 is 1.16 bits per heavy atom. The quantitative estimate of drug-likeness (QED) is 0.721. The minimum absolute atomic E-state index is 0.00124. The van der Waals surface area contributed by atoms with Crippen LogP contribution in [0, 0.1) is 0 Å². The molecule has 0 aliphatic heterocycles. The van der Waals surface area contributed by atoms with E-state index in [0.717, 1.165) is 16.5 Å². The van der Waals surface area contributed by atoms with Gasteiger partial charge in [0.25, 0.3) is 0 Å². The van der Waals surface area contributed by atoms with E-state index in [2.05, 4.69) is 5.10 Å². The van der Waals surface area contributed by atoms with Gasteiger partial charge >= 0.3 is 0 Å². The predicted octanol–water partition coefficient (Wildman–Crippen LogP) is 2.84. The third-order valence-corrected chi connectivity index (χ3v) is 4.43. The summed E-state index contributed by atoms with van der Waals surface area (Å²) in [5.74, 6) is -0.00124. The molecular weight excluding hydrogens is 314 g/mol. The van der Waals surface area contributed by atoms with Crippen LogP contribution in [0.2, 0.25) is 0 Å². The molecule has 3 aromatic rings. The summed E-state index contributed by atoms with van der Waals surface area (Å²) in [5.41, 5.74) is 2.02.